The van der Waals surface area contributed by atoms with Crippen LogP contribution in [-0.2, 0) is 21.0 Å². The molecule has 2 aliphatic rings. The molecule has 0 aliphatic carbocycles. The van der Waals surface area contributed by atoms with E-state index in [2.05, 4.69) is 0 Å². The highest BCUT2D eigenvalue weighted by atomic mass is 16.7. The van der Waals surface area contributed by atoms with Gasteiger partial charge in [0.15, 0.2) is 0 Å². The van der Waals surface area contributed by atoms with Crippen molar-refractivity contribution in [3.05, 3.63) is 71.8 Å². The van der Waals surface area contributed by atoms with Gasteiger partial charge >= 0.3 is 12.0 Å². The molecule has 2 bridgehead atoms. The minimum absolute atomic E-state index is 0.135. The second-order valence-electron chi connectivity index (χ2n) is 6.47. The smallest absolute Gasteiger partial charge is 0.352 e. The predicted molar refractivity (Wildman–Crippen MR) is 94.2 cm³/mol. The fraction of sp³-hybridized carbons (Fsp3) is 0.250. The van der Waals surface area contributed by atoms with Gasteiger partial charge in [-0.25, -0.2) is 9.59 Å². The van der Waals surface area contributed by atoms with Crippen molar-refractivity contribution in [3.8, 4) is 0 Å². The Balaban J connectivity index is 1.44. The Kier molecular flexibility index (Phi) is 4.60. The molecule has 2 aromatic carbocycles. The number of hydrogen-bond donors (Lipinski definition) is 0. The van der Waals surface area contributed by atoms with E-state index in [4.69, 9.17) is 9.57 Å². The van der Waals surface area contributed by atoms with E-state index < -0.39 is 30.1 Å². The summed E-state index contributed by atoms with van der Waals surface area (Å²) >= 11 is 0. The molecule has 27 heavy (non-hydrogen) atoms. The third kappa shape index (κ3) is 3.41. The number of rotatable bonds is 4. The molecule has 7 nitrogen and oxygen atoms in total. The monoisotopic (exact) mass is 366 g/mol. The Morgan fingerprint density at radius 2 is 1.70 bits per heavy atom. The maximum Gasteiger partial charge on any atom is 0.352 e. The van der Waals surface area contributed by atoms with Crippen LogP contribution < -0.4 is 0 Å². The lowest BCUT2D eigenvalue weighted by atomic mass is 10.2. The first-order valence-electron chi connectivity index (χ1n) is 8.71. The zero-order valence-electron chi connectivity index (χ0n) is 14.5. The van der Waals surface area contributed by atoms with E-state index in [9.17, 15) is 14.4 Å². The van der Waals surface area contributed by atoms with Crippen LogP contribution in [0, 0.1) is 0 Å². The minimum atomic E-state index is -0.750. The van der Waals surface area contributed by atoms with Crippen LogP contribution in [0.15, 0.2) is 60.7 Å². The molecule has 2 aliphatic heterocycles. The topological polar surface area (TPSA) is 76.2 Å². The van der Waals surface area contributed by atoms with Crippen molar-refractivity contribution in [3.63, 3.8) is 0 Å². The van der Waals surface area contributed by atoms with Crippen LogP contribution in [0.2, 0.25) is 0 Å². The maximum absolute atomic E-state index is 12.7. The molecule has 7 heteroatoms. The van der Waals surface area contributed by atoms with Crippen LogP contribution in [0.5, 0.6) is 0 Å². The number of carbonyl (C=O) groups is 3. The normalized spacial score (nSPS) is 21.3. The highest BCUT2D eigenvalue weighted by Crippen LogP contribution is 2.30. The number of hydroxylamine groups is 2. The molecular formula is C20H18N2O5. The Labute approximate surface area is 156 Å². The van der Waals surface area contributed by atoms with Crippen LogP contribution in [0.3, 0.4) is 0 Å². The van der Waals surface area contributed by atoms with E-state index in [0.717, 1.165) is 10.6 Å². The molecule has 138 valence electrons. The van der Waals surface area contributed by atoms with Crippen LogP contribution in [0.25, 0.3) is 0 Å². The van der Waals surface area contributed by atoms with Gasteiger partial charge in [-0.15, -0.1) is 5.06 Å². The number of urea groups is 1. The van der Waals surface area contributed by atoms with E-state index in [1.54, 1.807) is 30.3 Å². The average molecular weight is 366 g/mol. The lowest BCUT2D eigenvalue weighted by Crippen LogP contribution is -2.53. The molecule has 2 saturated heterocycles. The third-order valence-electron chi connectivity index (χ3n) is 4.64. The van der Waals surface area contributed by atoms with E-state index in [-0.39, 0.29) is 13.2 Å². The molecule has 2 atom stereocenters. The van der Waals surface area contributed by atoms with Gasteiger partial charge in [-0.2, -0.15) is 0 Å². The van der Waals surface area contributed by atoms with Crippen molar-refractivity contribution in [2.45, 2.75) is 25.2 Å². The Morgan fingerprint density at radius 3 is 2.41 bits per heavy atom. The van der Waals surface area contributed by atoms with Crippen molar-refractivity contribution < 1.29 is 24.0 Å². The summed E-state index contributed by atoms with van der Waals surface area (Å²) in [5, 5.41) is 0.744. The molecule has 0 radical (unpaired) electrons. The minimum Gasteiger partial charge on any atom is -0.459 e. The number of hydrogen-bond acceptors (Lipinski definition) is 5. The first kappa shape index (κ1) is 17.2. The van der Waals surface area contributed by atoms with Crippen molar-refractivity contribution in [1.29, 1.82) is 0 Å². The number of carbonyl (C=O) groups excluding carboxylic acids is 3. The molecule has 0 aromatic heterocycles. The lowest BCUT2D eigenvalue weighted by Gasteiger charge is -2.32. The Bertz CT molecular complexity index is 855. The van der Waals surface area contributed by atoms with Crippen LogP contribution in [0.1, 0.15) is 22.3 Å². The lowest BCUT2D eigenvalue weighted by molar-refractivity contribution is -0.151. The summed E-state index contributed by atoms with van der Waals surface area (Å²) in [6.45, 7) is 0.402. The van der Waals surface area contributed by atoms with Gasteiger partial charge < -0.3 is 9.64 Å². The van der Waals surface area contributed by atoms with Crippen molar-refractivity contribution in [2.75, 3.05) is 6.54 Å². The molecule has 0 unspecified atom stereocenters. The molecule has 4 rings (SSSR count). The zero-order chi connectivity index (χ0) is 18.8. The van der Waals surface area contributed by atoms with Gasteiger partial charge in [-0.1, -0.05) is 48.5 Å². The summed E-state index contributed by atoms with van der Waals surface area (Å²) in [7, 11) is 0. The molecule has 0 saturated carbocycles. The fourth-order valence-corrected chi connectivity index (χ4v) is 3.28. The van der Waals surface area contributed by atoms with Gasteiger partial charge in [-0.3, -0.25) is 9.63 Å². The third-order valence-corrected chi connectivity index (χ3v) is 4.64. The molecule has 2 fully saturated rings. The second-order valence-corrected chi connectivity index (χ2v) is 6.47. The summed E-state index contributed by atoms with van der Waals surface area (Å²) in [5.74, 6) is -1.04. The van der Waals surface area contributed by atoms with Crippen molar-refractivity contribution in [1.82, 2.24) is 9.96 Å². The van der Waals surface area contributed by atoms with Gasteiger partial charge in [0.1, 0.15) is 18.8 Å². The molecule has 3 amide bonds. The second kappa shape index (κ2) is 7.20. The largest absolute Gasteiger partial charge is 0.459 e. The SMILES string of the molecule is O=C(OCc1ccccc1)[C@H]1C[C@@H]2CN1C(=O)N(C(=O)c1ccccc1)O2. The molecule has 2 heterocycles. The quantitative estimate of drug-likeness (QED) is 0.777. The summed E-state index contributed by atoms with van der Waals surface area (Å²) in [6, 6.07) is 16.3. The van der Waals surface area contributed by atoms with Gasteiger partial charge in [-0.05, 0) is 17.7 Å². The average Bonchev–Trinajstić information content (AvgIpc) is 3.09. The summed E-state index contributed by atoms with van der Waals surface area (Å²) < 4.78 is 5.36. The van der Waals surface area contributed by atoms with Gasteiger partial charge in [0, 0.05) is 12.0 Å². The number of benzene rings is 2. The van der Waals surface area contributed by atoms with Gasteiger partial charge in [0.2, 0.25) is 0 Å². The van der Waals surface area contributed by atoms with Gasteiger partial charge in [0.25, 0.3) is 5.91 Å². The van der Waals surface area contributed by atoms with E-state index >= 15 is 0 Å². The summed E-state index contributed by atoms with van der Waals surface area (Å²) in [4.78, 5) is 44.6. The Hall–Kier alpha value is -3.19. The van der Waals surface area contributed by atoms with Crippen LogP contribution in [0.4, 0.5) is 4.79 Å². The highest BCUT2D eigenvalue weighted by molar-refractivity contribution is 6.04. The summed E-state index contributed by atoms with van der Waals surface area (Å²) in [6.07, 6.45) is -0.109. The fourth-order valence-electron chi connectivity index (χ4n) is 3.28. The first-order chi connectivity index (χ1) is 13.1. The molecular weight excluding hydrogens is 348 g/mol. The first-order valence-corrected chi connectivity index (χ1v) is 8.71. The highest BCUT2D eigenvalue weighted by Gasteiger charge is 2.50. The van der Waals surface area contributed by atoms with Crippen molar-refractivity contribution >= 4 is 17.9 Å². The maximum atomic E-state index is 12.7. The van der Waals surface area contributed by atoms with Crippen LogP contribution in [-0.4, -0.2) is 46.6 Å². The number of nitrogens with zero attached hydrogens (tertiary/aromatic N) is 2. The van der Waals surface area contributed by atoms with Crippen molar-refractivity contribution in [2.24, 2.45) is 0 Å². The number of imide groups is 1. The standard InChI is InChI=1S/C20H18N2O5/c23-18(15-9-5-2-6-10-15)22-20(25)21-12-16(27-22)11-17(21)19(24)26-13-14-7-3-1-4-8-14/h1-10,16-17H,11-13H2/t16-,17-/m1/s1. The molecule has 2 aromatic rings. The molecule has 0 spiro atoms. The predicted octanol–water partition coefficient (Wildman–Crippen LogP) is 2.38. The Morgan fingerprint density at radius 1 is 1.04 bits per heavy atom. The summed E-state index contributed by atoms with van der Waals surface area (Å²) in [5.41, 5.74) is 1.21. The number of esters is 1. The zero-order valence-corrected chi connectivity index (χ0v) is 14.5. The number of ether oxygens (including phenoxy) is 1. The van der Waals surface area contributed by atoms with Gasteiger partial charge in [0.05, 0.1) is 6.54 Å². The molecule has 0 N–H and O–H groups in total. The number of amides is 3. The van der Waals surface area contributed by atoms with Crippen LogP contribution >= 0.6 is 0 Å². The van der Waals surface area contributed by atoms with E-state index in [1.807, 2.05) is 30.3 Å². The van der Waals surface area contributed by atoms with E-state index in [0.29, 0.717) is 12.0 Å². The van der Waals surface area contributed by atoms with E-state index in [1.165, 1.54) is 4.90 Å². The number of fused-ring (bicyclic) bond motifs is 2.